The van der Waals surface area contributed by atoms with E-state index < -0.39 is 6.03 Å². The zero-order valence-electron chi connectivity index (χ0n) is 7.52. The smallest absolute Gasteiger partial charge is 0.275 e. The van der Waals surface area contributed by atoms with Crippen LogP contribution in [0.2, 0.25) is 0 Å². The average molecular weight is 174 g/mol. The van der Waals surface area contributed by atoms with Crippen LogP contribution in [-0.2, 0) is 0 Å². The van der Waals surface area contributed by atoms with Crippen molar-refractivity contribution in [1.29, 1.82) is 0 Å². The van der Waals surface area contributed by atoms with E-state index in [0.717, 1.165) is 13.0 Å². The Balaban J connectivity index is 2.95. The molecule has 5 heteroatoms. The van der Waals surface area contributed by atoms with Crippen LogP contribution in [0.25, 0.3) is 0 Å². The van der Waals surface area contributed by atoms with Gasteiger partial charge in [-0.2, -0.15) is 0 Å². The van der Waals surface area contributed by atoms with Gasteiger partial charge in [-0.25, -0.2) is 16.1 Å². The van der Waals surface area contributed by atoms with Crippen LogP contribution in [0, 0.1) is 0 Å². The standard InChI is InChI=1S/C7H18N4O/c1-2-3-4-5-6-9-11-7(12)10-8/h9H,2-6,8H2,1H3,(H2,10,11,12). The molecule has 0 aromatic rings. The quantitative estimate of drug-likeness (QED) is 0.202. The Morgan fingerprint density at radius 1 is 1.33 bits per heavy atom. The van der Waals surface area contributed by atoms with E-state index in [1.807, 2.05) is 5.43 Å². The lowest BCUT2D eigenvalue weighted by molar-refractivity contribution is 0.236. The molecule has 0 saturated carbocycles. The van der Waals surface area contributed by atoms with Gasteiger partial charge in [-0.1, -0.05) is 26.2 Å². The van der Waals surface area contributed by atoms with Crippen molar-refractivity contribution in [2.45, 2.75) is 32.6 Å². The van der Waals surface area contributed by atoms with E-state index in [0.29, 0.717) is 0 Å². The Hall–Kier alpha value is -0.810. The Morgan fingerprint density at radius 2 is 2.08 bits per heavy atom. The average Bonchev–Trinajstić information content (AvgIpc) is 2.10. The number of hydrogen-bond donors (Lipinski definition) is 4. The monoisotopic (exact) mass is 174 g/mol. The second kappa shape index (κ2) is 8.29. The van der Waals surface area contributed by atoms with Crippen LogP contribution in [0.15, 0.2) is 0 Å². The van der Waals surface area contributed by atoms with Crippen LogP contribution in [0.5, 0.6) is 0 Å². The topological polar surface area (TPSA) is 79.2 Å². The molecule has 0 aromatic heterocycles. The van der Waals surface area contributed by atoms with Crippen LogP contribution in [0.3, 0.4) is 0 Å². The van der Waals surface area contributed by atoms with Gasteiger partial charge in [0.05, 0.1) is 0 Å². The van der Waals surface area contributed by atoms with E-state index in [2.05, 4.69) is 17.8 Å². The lowest BCUT2D eigenvalue weighted by Gasteiger charge is -2.05. The molecule has 0 aliphatic heterocycles. The second-order valence-corrected chi connectivity index (χ2v) is 2.59. The van der Waals surface area contributed by atoms with Crippen LogP contribution < -0.4 is 22.1 Å². The molecule has 0 aliphatic rings. The van der Waals surface area contributed by atoms with E-state index in [-0.39, 0.29) is 0 Å². The molecule has 0 atom stereocenters. The van der Waals surface area contributed by atoms with Crippen molar-refractivity contribution < 1.29 is 4.79 Å². The maximum Gasteiger partial charge on any atom is 0.343 e. The molecule has 0 rings (SSSR count). The van der Waals surface area contributed by atoms with Gasteiger partial charge < -0.3 is 0 Å². The summed E-state index contributed by atoms with van der Waals surface area (Å²) in [6.45, 7) is 2.95. The minimum Gasteiger partial charge on any atom is -0.275 e. The Labute approximate surface area is 73.0 Å². The van der Waals surface area contributed by atoms with Gasteiger partial charge in [-0.3, -0.25) is 10.9 Å². The number of nitrogens with one attached hydrogen (secondary N) is 3. The van der Waals surface area contributed by atoms with Crippen molar-refractivity contribution >= 4 is 6.03 Å². The first-order valence-corrected chi connectivity index (χ1v) is 4.30. The summed E-state index contributed by atoms with van der Waals surface area (Å²) in [7, 11) is 0. The largest absolute Gasteiger partial charge is 0.343 e. The molecule has 0 saturated heterocycles. The highest BCUT2D eigenvalue weighted by Crippen LogP contribution is 1.96. The third-order valence-electron chi connectivity index (χ3n) is 1.49. The lowest BCUT2D eigenvalue weighted by atomic mass is 10.2. The predicted molar refractivity (Wildman–Crippen MR) is 48.0 cm³/mol. The number of hydrogen-bond acceptors (Lipinski definition) is 3. The summed E-state index contributed by atoms with van der Waals surface area (Å²) >= 11 is 0. The Kier molecular flexibility index (Phi) is 7.73. The minimum atomic E-state index is -0.412. The molecule has 72 valence electrons. The summed E-state index contributed by atoms with van der Waals surface area (Å²) in [5, 5.41) is 0. The molecule has 12 heavy (non-hydrogen) atoms. The van der Waals surface area contributed by atoms with Crippen LogP contribution >= 0.6 is 0 Å². The number of unbranched alkanes of at least 4 members (excludes halogenated alkanes) is 3. The number of amides is 2. The number of nitrogens with two attached hydrogens (primary N) is 1. The molecule has 0 heterocycles. The highest BCUT2D eigenvalue weighted by molar-refractivity contribution is 5.72. The molecule has 5 N–H and O–H groups in total. The molecular formula is C7H18N4O. The van der Waals surface area contributed by atoms with Gasteiger partial charge in [0.25, 0.3) is 0 Å². The van der Waals surface area contributed by atoms with Crippen molar-refractivity contribution in [3.8, 4) is 0 Å². The first kappa shape index (κ1) is 11.2. The van der Waals surface area contributed by atoms with E-state index in [1.165, 1.54) is 19.3 Å². The van der Waals surface area contributed by atoms with Gasteiger partial charge in [0, 0.05) is 6.54 Å². The first-order valence-electron chi connectivity index (χ1n) is 4.30. The number of rotatable bonds is 6. The van der Waals surface area contributed by atoms with E-state index in [4.69, 9.17) is 5.84 Å². The maximum atomic E-state index is 10.5. The SMILES string of the molecule is CCCCCCNNC(=O)NN. The molecule has 0 bridgehead atoms. The molecule has 0 spiro atoms. The second-order valence-electron chi connectivity index (χ2n) is 2.59. The molecule has 5 nitrogen and oxygen atoms in total. The highest BCUT2D eigenvalue weighted by Gasteiger charge is 1.92. The van der Waals surface area contributed by atoms with Gasteiger partial charge in [0.1, 0.15) is 0 Å². The van der Waals surface area contributed by atoms with Gasteiger partial charge in [0.2, 0.25) is 0 Å². The molecule has 0 radical (unpaired) electrons. The van der Waals surface area contributed by atoms with Gasteiger partial charge >= 0.3 is 6.03 Å². The number of carbonyl (C=O) groups excluding carboxylic acids is 1. The van der Waals surface area contributed by atoms with Crippen LogP contribution in [-0.4, -0.2) is 12.6 Å². The fourth-order valence-corrected chi connectivity index (χ4v) is 0.819. The van der Waals surface area contributed by atoms with Gasteiger partial charge in [-0.05, 0) is 6.42 Å². The van der Waals surface area contributed by atoms with E-state index in [9.17, 15) is 4.79 Å². The van der Waals surface area contributed by atoms with Crippen molar-refractivity contribution in [2.75, 3.05) is 6.54 Å². The Bertz CT molecular complexity index is 118. The third-order valence-corrected chi connectivity index (χ3v) is 1.49. The van der Waals surface area contributed by atoms with Crippen LogP contribution in [0.4, 0.5) is 4.79 Å². The van der Waals surface area contributed by atoms with E-state index in [1.54, 1.807) is 0 Å². The summed E-state index contributed by atoms with van der Waals surface area (Å²) in [5.74, 6) is 4.83. The fraction of sp³-hybridized carbons (Fsp3) is 0.857. The van der Waals surface area contributed by atoms with Gasteiger partial charge in [-0.15, -0.1) is 0 Å². The fourth-order valence-electron chi connectivity index (χ4n) is 0.819. The molecular weight excluding hydrogens is 156 g/mol. The summed E-state index contributed by atoms with van der Waals surface area (Å²) in [6, 6.07) is -0.412. The number of carbonyl (C=O) groups is 1. The lowest BCUT2D eigenvalue weighted by Crippen LogP contribution is -2.47. The summed E-state index contributed by atoms with van der Waals surface area (Å²) in [6.07, 6.45) is 4.72. The van der Waals surface area contributed by atoms with E-state index >= 15 is 0 Å². The molecule has 0 unspecified atom stereocenters. The normalized spacial score (nSPS) is 9.50. The molecule has 0 fully saturated rings. The summed E-state index contributed by atoms with van der Waals surface area (Å²) < 4.78 is 0. The summed E-state index contributed by atoms with van der Waals surface area (Å²) in [5.41, 5.74) is 7.09. The highest BCUT2D eigenvalue weighted by atomic mass is 16.2. The Morgan fingerprint density at radius 3 is 2.67 bits per heavy atom. The number of urea groups is 1. The minimum absolute atomic E-state index is 0.412. The molecule has 0 aromatic carbocycles. The van der Waals surface area contributed by atoms with Crippen molar-refractivity contribution in [3.63, 3.8) is 0 Å². The third kappa shape index (κ3) is 7.30. The van der Waals surface area contributed by atoms with Crippen molar-refractivity contribution in [3.05, 3.63) is 0 Å². The van der Waals surface area contributed by atoms with Crippen LogP contribution in [0.1, 0.15) is 32.6 Å². The van der Waals surface area contributed by atoms with Crippen molar-refractivity contribution in [2.24, 2.45) is 5.84 Å². The summed E-state index contributed by atoms with van der Waals surface area (Å²) in [4.78, 5) is 10.5. The maximum absolute atomic E-state index is 10.5. The molecule has 0 aliphatic carbocycles. The number of hydrazine groups is 2. The molecule has 2 amide bonds. The predicted octanol–water partition coefficient (Wildman–Crippen LogP) is 0.244. The first-order chi connectivity index (χ1) is 5.81. The van der Waals surface area contributed by atoms with Gasteiger partial charge in [0.15, 0.2) is 0 Å². The van der Waals surface area contributed by atoms with Crippen molar-refractivity contribution in [1.82, 2.24) is 16.3 Å². The zero-order chi connectivity index (χ0) is 9.23. The zero-order valence-corrected chi connectivity index (χ0v) is 7.52.